The molecule has 0 spiro atoms. The lowest BCUT2D eigenvalue weighted by molar-refractivity contribution is 0.101. The van der Waals surface area contributed by atoms with Crippen LogP contribution >= 0.6 is 0 Å². The maximum atomic E-state index is 5.56. The molecule has 0 aliphatic rings. The Morgan fingerprint density at radius 1 is 1.06 bits per heavy atom. The number of rotatable bonds is 9. The van der Waals surface area contributed by atoms with Crippen LogP contribution in [0.3, 0.4) is 0 Å². The molecule has 17 heavy (non-hydrogen) atoms. The first-order valence-corrected chi connectivity index (χ1v) is 5.92. The zero-order valence-electron chi connectivity index (χ0n) is 10.6. The summed E-state index contributed by atoms with van der Waals surface area (Å²) in [6.45, 7) is 5.76. The fraction of sp³-hybridized carbons (Fsp3) is 0.538. The van der Waals surface area contributed by atoms with Crippen LogP contribution in [0.4, 0.5) is 0 Å². The Morgan fingerprint density at radius 3 is 2.53 bits per heavy atom. The fourth-order valence-corrected chi connectivity index (χ4v) is 1.37. The zero-order valence-corrected chi connectivity index (χ0v) is 10.6. The van der Waals surface area contributed by atoms with Crippen LogP contribution < -0.4 is 14.8 Å². The predicted molar refractivity (Wildman–Crippen MR) is 67.9 cm³/mol. The number of hydrogen-bond donors (Lipinski definition) is 1. The summed E-state index contributed by atoms with van der Waals surface area (Å²) in [7, 11) is 1.63. The summed E-state index contributed by atoms with van der Waals surface area (Å²) < 4.78 is 16.1. The van der Waals surface area contributed by atoms with E-state index in [1.165, 1.54) is 0 Å². The molecule has 0 aliphatic heterocycles. The van der Waals surface area contributed by atoms with E-state index in [2.05, 4.69) is 12.2 Å². The van der Waals surface area contributed by atoms with Gasteiger partial charge in [0.2, 0.25) is 0 Å². The molecule has 1 aromatic carbocycles. The van der Waals surface area contributed by atoms with Gasteiger partial charge >= 0.3 is 0 Å². The van der Waals surface area contributed by atoms with Crippen LogP contribution in [0.5, 0.6) is 11.5 Å². The average molecular weight is 239 g/mol. The van der Waals surface area contributed by atoms with Crippen molar-refractivity contribution < 1.29 is 14.2 Å². The van der Waals surface area contributed by atoms with Gasteiger partial charge in [-0.1, -0.05) is 19.1 Å². The van der Waals surface area contributed by atoms with Crippen LogP contribution in [0.1, 0.15) is 6.92 Å². The van der Waals surface area contributed by atoms with E-state index in [0.717, 1.165) is 24.6 Å². The zero-order chi connectivity index (χ0) is 12.3. The van der Waals surface area contributed by atoms with Crippen molar-refractivity contribution in [2.45, 2.75) is 6.92 Å². The number of benzene rings is 1. The van der Waals surface area contributed by atoms with Gasteiger partial charge < -0.3 is 19.5 Å². The standard InChI is InChI=1S/C13H21NO3/c1-3-14-8-9-16-10-11-17-13-7-5-4-6-12(13)15-2/h4-7,14H,3,8-11H2,1-2H3. The summed E-state index contributed by atoms with van der Waals surface area (Å²) in [5.41, 5.74) is 0. The van der Waals surface area contributed by atoms with Crippen LogP contribution in [0.25, 0.3) is 0 Å². The molecule has 1 N–H and O–H groups in total. The molecule has 4 nitrogen and oxygen atoms in total. The van der Waals surface area contributed by atoms with Gasteiger partial charge in [0, 0.05) is 6.54 Å². The lowest BCUT2D eigenvalue weighted by Gasteiger charge is -2.10. The van der Waals surface area contributed by atoms with Crippen molar-refractivity contribution in [2.24, 2.45) is 0 Å². The number of para-hydroxylation sites is 2. The van der Waals surface area contributed by atoms with E-state index in [-0.39, 0.29) is 0 Å². The molecular formula is C13H21NO3. The molecule has 0 radical (unpaired) electrons. The van der Waals surface area contributed by atoms with Crippen molar-refractivity contribution in [3.05, 3.63) is 24.3 Å². The number of ether oxygens (including phenoxy) is 3. The highest BCUT2D eigenvalue weighted by molar-refractivity contribution is 5.39. The third-order valence-electron chi connectivity index (χ3n) is 2.23. The first kappa shape index (κ1) is 13.8. The van der Waals surface area contributed by atoms with Gasteiger partial charge in [0.1, 0.15) is 6.61 Å². The van der Waals surface area contributed by atoms with Crippen LogP contribution in [-0.2, 0) is 4.74 Å². The smallest absolute Gasteiger partial charge is 0.161 e. The van der Waals surface area contributed by atoms with Crippen molar-refractivity contribution in [1.82, 2.24) is 5.32 Å². The Morgan fingerprint density at radius 2 is 1.82 bits per heavy atom. The maximum absolute atomic E-state index is 5.56. The molecule has 0 saturated heterocycles. The molecule has 0 fully saturated rings. The van der Waals surface area contributed by atoms with Crippen molar-refractivity contribution in [3.8, 4) is 11.5 Å². The quantitative estimate of drug-likeness (QED) is 0.666. The Hall–Kier alpha value is -1.26. The van der Waals surface area contributed by atoms with Crippen LogP contribution in [0.2, 0.25) is 0 Å². The second-order valence-corrected chi connectivity index (χ2v) is 3.47. The second-order valence-electron chi connectivity index (χ2n) is 3.47. The molecule has 0 unspecified atom stereocenters. The predicted octanol–water partition coefficient (Wildman–Crippen LogP) is 1.70. The van der Waals surface area contributed by atoms with E-state index in [9.17, 15) is 0 Å². The minimum atomic E-state index is 0.534. The summed E-state index contributed by atoms with van der Waals surface area (Å²) in [4.78, 5) is 0. The minimum absolute atomic E-state index is 0.534. The molecular weight excluding hydrogens is 218 g/mol. The minimum Gasteiger partial charge on any atom is -0.493 e. The maximum Gasteiger partial charge on any atom is 0.161 e. The Labute approximate surface area is 103 Å². The Bertz CT molecular complexity index is 304. The van der Waals surface area contributed by atoms with E-state index < -0.39 is 0 Å². The number of methoxy groups -OCH3 is 1. The van der Waals surface area contributed by atoms with E-state index in [0.29, 0.717) is 19.8 Å². The van der Waals surface area contributed by atoms with Gasteiger partial charge in [-0.15, -0.1) is 0 Å². The van der Waals surface area contributed by atoms with Gasteiger partial charge in [0.05, 0.1) is 20.3 Å². The van der Waals surface area contributed by atoms with Gasteiger partial charge in [-0.25, -0.2) is 0 Å². The molecule has 0 aromatic heterocycles. The highest BCUT2D eigenvalue weighted by Crippen LogP contribution is 2.25. The normalized spacial score (nSPS) is 10.2. The molecule has 4 heteroatoms. The number of hydrogen-bond acceptors (Lipinski definition) is 4. The van der Waals surface area contributed by atoms with Crippen molar-refractivity contribution >= 4 is 0 Å². The number of nitrogens with one attached hydrogen (secondary N) is 1. The van der Waals surface area contributed by atoms with Gasteiger partial charge in [-0.3, -0.25) is 0 Å². The summed E-state index contributed by atoms with van der Waals surface area (Å²) in [6.07, 6.45) is 0. The highest BCUT2D eigenvalue weighted by Gasteiger charge is 2.01. The van der Waals surface area contributed by atoms with Gasteiger partial charge in [0.25, 0.3) is 0 Å². The van der Waals surface area contributed by atoms with E-state index >= 15 is 0 Å². The largest absolute Gasteiger partial charge is 0.493 e. The fourth-order valence-electron chi connectivity index (χ4n) is 1.37. The molecule has 0 saturated carbocycles. The van der Waals surface area contributed by atoms with Crippen LogP contribution in [0.15, 0.2) is 24.3 Å². The SMILES string of the molecule is CCNCCOCCOc1ccccc1OC. The first-order chi connectivity index (χ1) is 8.38. The third-order valence-corrected chi connectivity index (χ3v) is 2.23. The van der Waals surface area contributed by atoms with Crippen molar-refractivity contribution in [2.75, 3.05) is 40.0 Å². The molecule has 96 valence electrons. The van der Waals surface area contributed by atoms with Crippen molar-refractivity contribution in [3.63, 3.8) is 0 Å². The lowest BCUT2D eigenvalue weighted by atomic mass is 10.3. The van der Waals surface area contributed by atoms with Crippen molar-refractivity contribution in [1.29, 1.82) is 0 Å². The Balaban J connectivity index is 2.13. The third kappa shape index (κ3) is 5.56. The summed E-state index contributed by atoms with van der Waals surface area (Å²) >= 11 is 0. The lowest BCUT2D eigenvalue weighted by Crippen LogP contribution is -2.20. The topological polar surface area (TPSA) is 39.7 Å². The monoisotopic (exact) mass is 239 g/mol. The van der Waals surface area contributed by atoms with E-state index in [4.69, 9.17) is 14.2 Å². The molecule has 1 rings (SSSR count). The van der Waals surface area contributed by atoms with Crippen LogP contribution in [0, 0.1) is 0 Å². The average Bonchev–Trinajstić information content (AvgIpc) is 2.38. The Kier molecular flexibility index (Phi) is 7.18. The van der Waals surface area contributed by atoms with E-state index in [1.54, 1.807) is 7.11 Å². The van der Waals surface area contributed by atoms with Gasteiger partial charge in [-0.05, 0) is 18.7 Å². The first-order valence-electron chi connectivity index (χ1n) is 5.92. The molecule has 0 amide bonds. The van der Waals surface area contributed by atoms with E-state index in [1.807, 2.05) is 24.3 Å². The van der Waals surface area contributed by atoms with Crippen LogP contribution in [-0.4, -0.2) is 40.0 Å². The molecule has 0 aliphatic carbocycles. The molecule has 1 aromatic rings. The molecule has 0 atom stereocenters. The summed E-state index contributed by atoms with van der Waals surface area (Å²) in [6, 6.07) is 7.60. The van der Waals surface area contributed by atoms with Gasteiger partial charge in [-0.2, -0.15) is 0 Å². The summed E-state index contributed by atoms with van der Waals surface area (Å²) in [5.74, 6) is 1.51. The number of likely N-dealkylation sites (N-methyl/N-ethyl adjacent to an activating group) is 1. The molecule has 0 heterocycles. The second kappa shape index (κ2) is 8.84. The van der Waals surface area contributed by atoms with Gasteiger partial charge in [0.15, 0.2) is 11.5 Å². The summed E-state index contributed by atoms with van der Waals surface area (Å²) in [5, 5.41) is 3.19. The highest BCUT2D eigenvalue weighted by atomic mass is 16.5. The molecule has 0 bridgehead atoms.